The van der Waals surface area contributed by atoms with E-state index < -0.39 is 0 Å². The van der Waals surface area contributed by atoms with Crippen LogP contribution in [0.3, 0.4) is 0 Å². The van der Waals surface area contributed by atoms with E-state index in [0.717, 1.165) is 30.9 Å². The van der Waals surface area contributed by atoms with Gasteiger partial charge in [-0.05, 0) is 24.5 Å². The molecule has 2 rings (SSSR count). The molecule has 2 N–H and O–H groups in total. The van der Waals surface area contributed by atoms with E-state index >= 15 is 0 Å². The Labute approximate surface area is 121 Å². The maximum absolute atomic E-state index is 6.17. The molecule has 2 heterocycles. The molecular weight excluding hydrogens is 248 g/mol. The van der Waals surface area contributed by atoms with Crippen LogP contribution in [0.5, 0.6) is 0 Å². The molecule has 2 aromatic heterocycles. The number of fused-ring (bicyclic) bond motifs is 1. The fourth-order valence-corrected chi connectivity index (χ4v) is 2.56. The Kier molecular flexibility index (Phi) is 4.65. The Bertz CT molecular complexity index is 559. The van der Waals surface area contributed by atoms with E-state index in [1.807, 2.05) is 18.2 Å². The van der Waals surface area contributed by atoms with E-state index in [1.54, 1.807) is 0 Å². The van der Waals surface area contributed by atoms with Crippen molar-refractivity contribution < 1.29 is 0 Å². The lowest BCUT2D eigenvalue weighted by Crippen LogP contribution is -2.27. The van der Waals surface area contributed by atoms with Crippen molar-refractivity contribution in [2.45, 2.75) is 39.7 Å². The average Bonchev–Trinajstić information content (AvgIpc) is 2.77. The lowest BCUT2D eigenvalue weighted by molar-refractivity contribution is 0.617. The summed E-state index contributed by atoms with van der Waals surface area (Å²) in [6, 6.07) is 6.30. The zero-order valence-corrected chi connectivity index (χ0v) is 13.0. The van der Waals surface area contributed by atoms with Gasteiger partial charge in [0.2, 0.25) is 0 Å². The summed E-state index contributed by atoms with van der Waals surface area (Å²) in [7, 11) is 2.11. The molecule has 20 heavy (non-hydrogen) atoms. The lowest BCUT2D eigenvalue weighted by atomic mass is 10.1. The van der Waals surface area contributed by atoms with E-state index in [-0.39, 0.29) is 6.04 Å². The molecule has 110 valence electrons. The van der Waals surface area contributed by atoms with Crippen LogP contribution < -0.4 is 10.6 Å². The van der Waals surface area contributed by atoms with Crippen LogP contribution in [0.25, 0.3) is 5.65 Å². The first kappa shape index (κ1) is 14.9. The van der Waals surface area contributed by atoms with Gasteiger partial charge in [0.05, 0.1) is 5.69 Å². The second kappa shape index (κ2) is 6.27. The fourth-order valence-electron chi connectivity index (χ4n) is 2.56. The minimum atomic E-state index is 0.182. The number of pyridine rings is 1. The Balaban J connectivity index is 2.43. The van der Waals surface area contributed by atoms with Crippen LogP contribution in [-0.2, 0) is 6.42 Å². The topological polar surface area (TPSA) is 46.6 Å². The van der Waals surface area contributed by atoms with Crippen molar-refractivity contribution in [2.24, 2.45) is 11.7 Å². The van der Waals surface area contributed by atoms with Crippen molar-refractivity contribution in [3.05, 3.63) is 30.1 Å². The summed E-state index contributed by atoms with van der Waals surface area (Å²) in [5, 5.41) is 0. The van der Waals surface area contributed by atoms with Gasteiger partial charge in [0.15, 0.2) is 5.82 Å². The molecular formula is C16H26N4. The number of anilines is 1. The highest BCUT2D eigenvalue weighted by atomic mass is 15.2. The van der Waals surface area contributed by atoms with Gasteiger partial charge in [0.25, 0.3) is 0 Å². The molecule has 4 heteroatoms. The predicted octanol–water partition coefficient (Wildman–Crippen LogP) is 2.71. The van der Waals surface area contributed by atoms with Gasteiger partial charge in [0.1, 0.15) is 5.65 Å². The average molecular weight is 274 g/mol. The van der Waals surface area contributed by atoms with E-state index in [4.69, 9.17) is 10.7 Å². The highest BCUT2D eigenvalue weighted by Gasteiger charge is 2.17. The van der Waals surface area contributed by atoms with Crippen LogP contribution in [0.1, 0.15) is 32.9 Å². The predicted molar refractivity (Wildman–Crippen MR) is 85.3 cm³/mol. The van der Waals surface area contributed by atoms with Gasteiger partial charge < -0.3 is 15.0 Å². The van der Waals surface area contributed by atoms with E-state index in [9.17, 15) is 0 Å². The van der Waals surface area contributed by atoms with E-state index in [0.29, 0.717) is 5.92 Å². The smallest absolute Gasteiger partial charge is 0.150 e. The quantitative estimate of drug-likeness (QED) is 0.881. The lowest BCUT2D eigenvalue weighted by Gasteiger charge is -2.21. The van der Waals surface area contributed by atoms with Crippen LogP contribution in [0.4, 0.5) is 5.82 Å². The minimum absolute atomic E-state index is 0.182. The number of nitrogens with two attached hydrogens (primary N) is 1. The molecule has 4 nitrogen and oxygen atoms in total. The van der Waals surface area contributed by atoms with Gasteiger partial charge in [-0.3, -0.25) is 0 Å². The van der Waals surface area contributed by atoms with Crippen molar-refractivity contribution in [3.63, 3.8) is 0 Å². The van der Waals surface area contributed by atoms with Gasteiger partial charge in [-0.15, -0.1) is 0 Å². The summed E-state index contributed by atoms with van der Waals surface area (Å²) in [5.74, 6) is 1.67. The fraction of sp³-hybridized carbons (Fsp3) is 0.562. The van der Waals surface area contributed by atoms with Crippen LogP contribution in [0.15, 0.2) is 24.4 Å². The Morgan fingerprint density at radius 1 is 1.35 bits per heavy atom. The van der Waals surface area contributed by atoms with Crippen molar-refractivity contribution in [3.8, 4) is 0 Å². The van der Waals surface area contributed by atoms with Crippen LogP contribution in [-0.4, -0.2) is 29.0 Å². The summed E-state index contributed by atoms with van der Waals surface area (Å²) in [5.41, 5.74) is 8.38. The highest BCUT2D eigenvalue weighted by Crippen LogP contribution is 2.23. The van der Waals surface area contributed by atoms with Crippen molar-refractivity contribution in [2.75, 3.05) is 18.5 Å². The first-order chi connectivity index (χ1) is 9.52. The Morgan fingerprint density at radius 3 is 2.75 bits per heavy atom. The van der Waals surface area contributed by atoms with Gasteiger partial charge >= 0.3 is 0 Å². The maximum atomic E-state index is 6.17. The third-order valence-electron chi connectivity index (χ3n) is 3.59. The molecule has 0 radical (unpaired) electrons. The molecule has 0 saturated heterocycles. The number of imidazole rings is 1. The third kappa shape index (κ3) is 3.12. The highest BCUT2D eigenvalue weighted by molar-refractivity contribution is 5.55. The van der Waals surface area contributed by atoms with Crippen LogP contribution >= 0.6 is 0 Å². The van der Waals surface area contributed by atoms with Crippen LogP contribution in [0, 0.1) is 5.92 Å². The molecule has 0 spiro atoms. The zero-order valence-electron chi connectivity index (χ0n) is 13.0. The molecule has 0 aromatic carbocycles. The third-order valence-corrected chi connectivity index (χ3v) is 3.59. The molecule has 0 bridgehead atoms. The van der Waals surface area contributed by atoms with E-state index in [2.05, 4.69) is 43.3 Å². The molecule has 0 fully saturated rings. The number of aromatic nitrogens is 2. The molecule has 0 aliphatic carbocycles. The summed E-state index contributed by atoms with van der Waals surface area (Å²) in [6.07, 6.45) is 3.92. The second-order valence-corrected chi connectivity index (χ2v) is 5.96. The Morgan fingerprint density at radius 2 is 2.10 bits per heavy atom. The van der Waals surface area contributed by atoms with Gasteiger partial charge in [-0.2, -0.15) is 0 Å². The molecule has 0 amide bonds. The molecule has 0 aliphatic heterocycles. The monoisotopic (exact) mass is 274 g/mol. The van der Waals surface area contributed by atoms with Crippen LogP contribution in [0.2, 0.25) is 0 Å². The van der Waals surface area contributed by atoms with Gasteiger partial charge in [0, 0.05) is 32.3 Å². The summed E-state index contributed by atoms with van der Waals surface area (Å²) >= 11 is 0. The van der Waals surface area contributed by atoms with Gasteiger partial charge in [-0.25, -0.2) is 4.98 Å². The SMILES string of the molecule is CCC(N)Cc1c(N(C)CC(C)C)nc2ccccn12. The number of hydrogen-bond acceptors (Lipinski definition) is 3. The standard InChI is InChI=1S/C16H26N4/c1-5-13(17)10-14-16(19(4)11-12(2)3)18-15-8-6-7-9-20(14)15/h6-9,12-13H,5,10-11,17H2,1-4H3. The molecule has 0 saturated carbocycles. The second-order valence-electron chi connectivity index (χ2n) is 5.96. The Hall–Kier alpha value is -1.55. The maximum Gasteiger partial charge on any atom is 0.150 e. The van der Waals surface area contributed by atoms with Crippen molar-refractivity contribution in [1.29, 1.82) is 0 Å². The molecule has 0 aliphatic rings. The largest absolute Gasteiger partial charge is 0.358 e. The zero-order chi connectivity index (χ0) is 14.7. The summed E-state index contributed by atoms with van der Waals surface area (Å²) in [6.45, 7) is 7.58. The summed E-state index contributed by atoms with van der Waals surface area (Å²) < 4.78 is 2.17. The first-order valence-corrected chi connectivity index (χ1v) is 7.45. The van der Waals surface area contributed by atoms with Gasteiger partial charge in [-0.1, -0.05) is 26.8 Å². The minimum Gasteiger partial charge on any atom is -0.358 e. The summed E-state index contributed by atoms with van der Waals surface area (Å²) in [4.78, 5) is 7.03. The number of nitrogens with zero attached hydrogens (tertiary/aromatic N) is 3. The molecule has 2 aromatic rings. The number of rotatable bonds is 6. The van der Waals surface area contributed by atoms with Crippen molar-refractivity contribution >= 4 is 11.5 Å². The molecule has 1 unspecified atom stereocenters. The van der Waals surface area contributed by atoms with Crippen molar-refractivity contribution in [1.82, 2.24) is 9.38 Å². The normalized spacial score (nSPS) is 13.1. The van der Waals surface area contributed by atoms with E-state index in [1.165, 1.54) is 5.69 Å². The first-order valence-electron chi connectivity index (χ1n) is 7.45. The number of hydrogen-bond donors (Lipinski definition) is 1. The molecule has 1 atom stereocenters.